The first kappa shape index (κ1) is 15.1. The van der Waals surface area contributed by atoms with Crippen LogP contribution in [-0.2, 0) is 0 Å². The van der Waals surface area contributed by atoms with E-state index >= 15 is 0 Å². The number of benzene rings is 1. The van der Waals surface area contributed by atoms with Gasteiger partial charge in [-0.2, -0.15) is 0 Å². The minimum atomic E-state index is 0.309. The van der Waals surface area contributed by atoms with Crippen LogP contribution >= 0.6 is 0 Å². The average Bonchev–Trinajstić information content (AvgIpc) is 2.45. The number of rotatable bonds is 3. The van der Waals surface area contributed by atoms with Crippen molar-refractivity contribution in [3.8, 4) is 0 Å². The van der Waals surface area contributed by atoms with Gasteiger partial charge in [0.25, 0.3) is 0 Å². The Morgan fingerprint density at radius 3 is 2.45 bits per heavy atom. The van der Waals surface area contributed by atoms with E-state index in [4.69, 9.17) is 0 Å². The van der Waals surface area contributed by atoms with Crippen molar-refractivity contribution in [3.05, 3.63) is 41.5 Å². The summed E-state index contributed by atoms with van der Waals surface area (Å²) in [6.07, 6.45) is 3.59. The van der Waals surface area contributed by atoms with Crippen molar-refractivity contribution in [2.75, 3.05) is 25.0 Å². The molecule has 1 heterocycles. The summed E-state index contributed by atoms with van der Waals surface area (Å²) in [6.45, 7) is 11.3. The summed E-state index contributed by atoms with van der Waals surface area (Å²) in [6, 6.07) is 9.15. The molecule has 0 amide bonds. The first-order chi connectivity index (χ1) is 9.43. The van der Waals surface area contributed by atoms with Crippen LogP contribution in [0.25, 0.3) is 0 Å². The highest BCUT2D eigenvalue weighted by atomic mass is 15.1. The summed E-state index contributed by atoms with van der Waals surface area (Å²) in [7, 11) is 2.02. The van der Waals surface area contributed by atoms with Crippen LogP contribution in [0, 0.1) is 5.41 Å². The van der Waals surface area contributed by atoms with Gasteiger partial charge in [-0.15, -0.1) is 0 Å². The van der Waals surface area contributed by atoms with Crippen LogP contribution in [0.15, 0.2) is 35.9 Å². The second-order valence-corrected chi connectivity index (χ2v) is 6.74. The van der Waals surface area contributed by atoms with E-state index in [0.717, 1.165) is 13.1 Å². The first-order valence-electron chi connectivity index (χ1n) is 7.64. The summed E-state index contributed by atoms with van der Waals surface area (Å²) in [4.78, 5) is 2.50. The van der Waals surface area contributed by atoms with E-state index in [1.165, 1.54) is 17.7 Å². The lowest BCUT2D eigenvalue weighted by Crippen LogP contribution is -2.32. The molecule has 1 aromatic rings. The maximum Gasteiger partial charge on any atom is 0.0417 e. The van der Waals surface area contributed by atoms with Gasteiger partial charge in [0.1, 0.15) is 0 Å². The fraction of sp³-hybridized carbons (Fsp3) is 0.556. The zero-order valence-electron chi connectivity index (χ0n) is 13.5. The van der Waals surface area contributed by atoms with Crippen molar-refractivity contribution < 1.29 is 0 Å². The molecule has 0 spiro atoms. The Bertz CT molecular complexity index is 482. The van der Waals surface area contributed by atoms with Crippen molar-refractivity contribution in [1.82, 2.24) is 5.32 Å². The van der Waals surface area contributed by atoms with E-state index in [9.17, 15) is 0 Å². The topological polar surface area (TPSA) is 15.3 Å². The monoisotopic (exact) mass is 272 g/mol. The number of nitrogens with zero attached hydrogens (tertiary/aromatic N) is 1. The van der Waals surface area contributed by atoms with Crippen molar-refractivity contribution in [1.29, 1.82) is 0 Å². The van der Waals surface area contributed by atoms with Crippen LogP contribution in [0.4, 0.5) is 5.69 Å². The van der Waals surface area contributed by atoms with E-state index in [-0.39, 0.29) is 0 Å². The van der Waals surface area contributed by atoms with E-state index in [2.05, 4.69) is 68.3 Å². The molecule has 1 unspecified atom stereocenters. The fourth-order valence-corrected chi connectivity index (χ4v) is 2.87. The van der Waals surface area contributed by atoms with Crippen LogP contribution in [0.1, 0.15) is 45.7 Å². The molecule has 20 heavy (non-hydrogen) atoms. The molecule has 1 aliphatic rings. The Morgan fingerprint density at radius 2 is 1.90 bits per heavy atom. The zero-order chi connectivity index (χ0) is 14.8. The molecule has 2 nitrogen and oxygen atoms in total. The summed E-state index contributed by atoms with van der Waals surface area (Å²) >= 11 is 0. The Morgan fingerprint density at radius 1 is 1.20 bits per heavy atom. The smallest absolute Gasteiger partial charge is 0.0417 e. The van der Waals surface area contributed by atoms with Gasteiger partial charge in [0.2, 0.25) is 0 Å². The summed E-state index contributed by atoms with van der Waals surface area (Å²) < 4.78 is 0. The molecule has 0 radical (unpaired) electrons. The minimum Gasteiger partial charge on any atom is -0.367 e. The molecule has 0 saturated carbocycles. The van der Waals surface area contributed by atoms with Crippen LogP contribution < -0.4 is 10.2 Å². The minimum absolute atomic E-state index is 0.309. The Labute approximate surface area is 123 Å². The molecule has 0 aromatic heterocycles. The highest BCUT2D eigenvalue weighted by Crippen LogP contribution is 2.33. The van der Waals surface area contributed by atoms with Gasteiger partial charge in [-0.25, -0.2) is 0 Å². The first-order valence-corrected chi connectivity index (χ1v) is 7.64. The van der Waals surface area contributed by atoms with Crippen LogP contribution in [-0.4, -0.2) is 20.1 Å². The Kier molecular flexibility index (Phi) is 4.54. The summed E-state index contributed by atoms with van der Waals surface area (Å²) in [5, 5.41) is 3.35. The van der Waals surface area contributed by atoms with Gasteiger partial charge in [0.15, 0.2) is 0 Å². The summed E-state index contributed by atoms with van der Waals surface area (Å²) in [5.74, 6) is 0. The molecule has 2 heteroatoms. The molecule has 0 fully saturated rings. The fourth-order valence-electron chi connectivity index (χ4n) is 2.87. The van der Waals surface area contributed by atoms with Gasteiger partial charge in [-0.1, -0.05) is 50.6 Å². The SMILES string of the molecule is CNC(C)c1ccccc1N1CC=C(C(C)(C)C)CC1. The Hall–Kier alpha value is -1.28. The van der Waals surface area contributed by atoms with E-state index < -0.39 is 0 Å². The van der Waals surface area contributed by atoms with Crippen molar-refractivity contribution >= 4 is 5.69 Å². The van der Waals surface area contributed by atoms with Crippen LogP contribution in [0.5, 0.6) is 0 Å². The van der Waals surface area contributed by atoms with Crippen LogP contribution in [0.3, 0.4) is 0 Å². The second-order valence-electron chi connectivity index (χ2n) is 6.74. The standard InChI is InChI=1S/C18H28N2/c1-14(19-5)16-8-6-7-9-17(16)20-12-10-15(11-13-20)18(2,3)4/h6-10,14,19H,11-13H2,1-5H3. The maximum absolute atomic E-state index is 3.35. The third-order valence-corrected chi connectivity index (χ3v) is 4.35. The third-order valence-electron chi connectivity index (χ3n) is 4.35. The molecule has 1 aromatic carbocycles. The largest absolute Gasteiger partial charge is 0.367 e. The second kappa shape index (κ2) is 6.01. The molecule has 110 valence electrons. The number of hydrogen-bond donors (Lipinski definition) is 1. The van der Waals surface area contributed by atoms with Gasteiger partial charge in [-0.05, 0) is 37.4 Å². The van der Waals surface area contributed by atoms with E-state index in [1.807, 2.05) is 7.05 Å². The van der Waals surface area contributed by atoms with E-state index in [1.54, 1.807) is 5.57 Å². The number of para-hydroxylation sites is 1. The van der Waals surface area contributed by atoms with Crippen LogP contribution in [0.2, 0.25) is 0 Å². The quantitative estimate of drug-likeness (QED) is 0.832. The van der Waals surface area contributed by atoms with Crippen molar-refractivity contribution in [2.24, 2.45) is 5.41 Å². The molecule has 0 aliphatic carbocycles. The molecular weight excluding hydrogens is 244 g/mol. The van der Waals surface area contributed by atoms with Gasteiger partial charge in [-0.3, -0.25) is 0 Å². The molecule has 1 atom stereocenters. The predicted molar refractivity (Wildman–Crippen MR) is 88.3 cm³/mol. The van der Waals surface area contributed by atoms with Gasteiger partial charge < -0.3 is 10.2 Å². The maximum atomic E-state index is 3.35. The third kappa shape index (κ3) is 3.24. The Balaban J connectivity index is 2.21. The highest BCUT2D eigenvalue weighted by Gasteiger charge is 2.22. The molecule has 1 aliphatic heterocycles. The lowest BCUT2D eigenvalue weighted by Gasteiger charge is -2.35. The van der Waals surface area contributed by atoms with Gasteiger partial charge in [0, 0.05) is 24.8 Å². The highest BCUT2D eigenvalue weighted by molar-refractivity contribution is 5.56. The lowest BCUT2D eigenvalue weighted by molar-refractivity contribution is 0.472. The van der Waals surface area contributed by atoms with E-state index in [0.29, 0.717) is 11.5 Å². The molecule has 0 bridgehead atoms. The number of hydrogen-bond acceptors (Lipinski definition) is 2. The predicted octanol–water partition coefficient (Wildman–Crippen LogP) is 4.15. The number of nitrogens with one attached hydrogen (secondary N) is 1. The molecular formula is C18H28N2. The van der Waals surface area contributed by atoms with Crippen molar-refractivity contribution in [2.45, 2.75) is 40.2 Å². The normalized spacial score (nSPS) is 17.9. The molecule has 1 N–H and O–H groups in total. The summed E-state index contributed by atoms with van der Waals surface area (Å²) in [5.41, 5.74) is 4.67. The van der Waals surface area contributed by atoms with Crippen molar-refractivity contribution in [3.63, 3.8) is 0 Å². The number of anilines is 1. The zero-order valence-corrected chi connectivity index (χ0v) is 13.5. The van der Waals surface area contributed by atoms with Gasteiger partial charge >= 0.3 is 0 Å². The molecule has 2 rings (SSSR count). The van der Waals surface area contributed by atoms with Gasteiger partial charge in [0.05, 0.1) is 0 Å². The average molecular weight is 272 g/mol. The molecule has 0 saturated heterocycles. The lowest BCUT2D eigenvalue weighted by atomic mass is 9.83.